The summed E-state index contributed by atoms with van der Waals surface area (Å²) in [5.41, 5.74) is 0.694. The molecule has 0 bridgehead atoms. The maximum absolute atomic E-state index is 12.6. The van der Waals surface area contributed by atoms with Crippen LogP contribution in [0.25, 0.3) is 0 Å². The topological polar surface area (TPSA) is 62.3 Å². The standard InChI is InChI=1S/C16H20ClN3O2S2/c1-12-4-5-14(17)9-15(12)24(21,22)19-10-13-3-2-7-20(11-13)16-18-6-8-23-16/h4-6,8-9,13,19H,2-3,7,10-11H2,1H3. The summed E-state index contributed by atoms with van der Waals surface area (Å²) in [5.74, 6) is 0.275. The predicted octanol–water partition coefficient (Wildman–Crippen LogP) is 3.30. The third-order valence-corrected chi connectivity index (χ3v) is 6.84. The van der Waals surface area contributed by atoms with E-state index in [2.05, 4.69) is 14.6 Å². The van der Waals surface area contributed by atoms with E-state index in [-0.39, 0.29) is 10.8 Å². The number of aryl methyl sites for hydroxylation is 1. The number of hydrogen-bond acceptors (Lipinski definition) is 5. The van der Waals surface area contributed by atoms with E-state index in [1.165, 1.54) is 6.07 Å². The van der Waals surface area contributed by atoms with Gasteiger partial charge in [0.2, 0.25) is 10.0 Å². The van der Waals surface area contributed by atoms with Crippen LogP contribution in [-0.4, -0.2) is 33.0 Å². The second-order valence-electron chi connectivity index (χ2n) is 6.03. The van der Waals surface area contributed by atoms with Gasteiger partial charge in [-0.2, -0.15) is 0 Å². The van der Waals surface area contributed by atoms with E-state index in [0.29, 0.717) is 17.1 Å². The Hall–Kier alpha value is -1.15. The number of piperidine rings is 1. The van der Waals surface area contributed by atoms with Gasteiger partial charge in [0.15, 0.2) is 5.13 Å². The molecule has 1 N–H and O–H groups in total. The summed E-state index contributed by atoms with van der Waals surface area (Å²) in [4.78, 5) is 6.83. The van der Waals surface area contributed by atoms with Gasteiger partial charge in [-0.05, 0) is 43.4 Å². The molecule has 1 fully saturated rings. The Morgan fingerprint density at radius 2 is 2.29 bits per heavy atom. The normalized spacial score (nSPS) is 18.8. The van der Waals surface area contributed by atoms with Crippen LogP contribution in [-0.2, 0) is 10.0 Å². The zero-order valence-corrected chi connectivity index (χ0v) is 15.8. The van der Waals surface area contributed by atoms with Crippen molar-refractivity contribution in [2.75, 3.05) is 24.5 Å². The van der Waals surface area contributed by atoms with Crippen LogP contribution in [0.3, 0.4) is 0 Å². The van der Waals surface area contributed by atoms with Crippen molar-refractivity contribution in [2.24, 2.45) is 5.92 Å². The molecule has 1 aliphatic heterocycles. The zero-order chi connectivity index (χ0) is 17.2. The van der Waals surface area contributed by atoms with E-state index in [1.54, 1.807) is 36.6 Å². The van der Waals surface area contributed by atoms with Crippen LogP contribution in [0.15, 0.2) is 34.7 Å². The Labute approximate surface area is 151 Å². The van der Waals surface area contributed by atoms with E-state index >= 15 is 0 Å². The van der Waals surface area contributed by atoms with E-state index in [0.717, 1.165) is 31.1 Å². The Kier molecular flexibility index (Phi) is 5.44. The lowest BCUT2D eigenvalue weighted by Gasteiger charge is -2.32. The van der Waals surface area contributed by atoms with Crippen LogP contribution in [0.4, 0.5) is 5.13 Å². The van der Waals surface area contributed by atoms with Gasteiger partial charge < -0.3 is 4.90 Å². The Bertz CT molecular complexity index is 794. The molecule has 0 amide bonds. The number of hydrogen-bond donors (Lipinski definition) is 1. The molecule has 130 valence electrons. The molecule has 0 radical (unpaired) electrons. The van der Waals surface area contributed by atoms with Crippen molar-refractivity contribution in [1.82, 2.24) is 9.71 Å². The molecule has 5 nitrogen and oxygen atoms in total. The molecule has 3 rings (SSSR count). The van der Waals surface area contributed by atoms with E-state index in [9.17, 15) is 8.42 Å². The van der Waals surface area contributed by atoms with Gasteiger partial charge >= 0.3 is 0 Å². The van der Waals surface area contributed by atoms with Gasteiger partial charge in [0, 0.05) is 36.2 Å². The first kappa shape index (κ1) is 17.7. The Balaban J connectivity index is 1.65. The van der Waals surface area contributed by atoms with Crippen molar-refractivity contribution in [2.45, 2.75) is 24.7 Å². The van der Waals surface area contributed by atoms with Crippen molar-refractivity contribution < 1.29 is 8.42 Å². The third kappa shape index (κ3) is 4.08. The predicted molar refractivity (Wildman–Crippen MR) is 98.4 cm³/mol. The maximum atomic E-state index is 12.6. The zero-order valence-electron chi connectivity index (χ0n) is 13.4. The molecular weight excluding hydrogens is 366 g/mol. The molecule has 1 atom stereocenters. The third-order valence-electron chi connectivity index (χ3n) is 4.21. The number of nitrogens with one attached hydrogen (secondary N) is 1. The number of anilines is 1. The quantitative estimate of drug-likeness (QED) is 0.857. The Morgan fingerprint density at radius 1 is 1.46 bits per heavy atom. The van der Waals surface area contributed by atoms with Crippen molar-refractivity contribution in [3.05, 3.63) is 40.4 Å². The molecular formula is C16H20ClN3O2S2. The van der Waals surface area contributed by atoms with Crippen LogP contribution in [0.2, 0.25) is 5.02 Å². The van der Waals surface area contributed by atoms with Gasteiger partial charge in [-0.15, -0.1) is 11.3 Å². The summed E-state index contributed by atoms with van der Waals surface area (Å²) in [6.45, 7) is 4.00. The summed E-state index contributed by atoms with van der Waals surface area (Å²) >= 11 is 7.56. The van der Waals surface area contributed by atoms with Gasteiger partial charge in [-0.3, -0.25) is 0 Å². The van der Waals surface area contributed by atoms with Gasteiger partial charge in [0.05, 0.1) is 4.90 Å². The minimum atomic E-state index is -3.55. The fourth-order valence-corrected chi connectivity index (χ4v) is 5.25. The fraction of sp³-hybridized carbons (Fsp3) is 0.438. The first-order valence-electron chi connectivity index (χ1n) is 7.86. The number of sulfonamides is 1. The average molecular weight is 386 g/mol. The summed E-state index contributed by atoms with van der Waals surface area (Å²) in [6.07, 6.45) is 3.86. The molecule has 1 unspecified atom stereocenters. The van der Waals surface area contributed by atoms with E-state index in [4.69, 9.17) is 11.6 Å². The SMILES string of the molecule is Cc1ccc(Cl)cc1S(=O)(=O)NCC1CCCN(c2nccs2)C1. The number of halogens is 1. The van der Waals surface area contributed by atoms with Crippen LogP contribution < -0.4 is 9.62 Å². The molecule has 2 aromatic rings. The fourth-order valence-electron chi connectivity index (χ4n) is 2.95. The number of rotatable bonds is 5. The molecule has 2 heterocycles. The average Bonchev–Trinajstić information content (AvgIpc) is 3.10. The molecule has 24 heavy (non-hydrogen) atoms. The van der Waals surface area contributed by atoms with Crippen molar-refractivity contribution in [1.29, 1.82) is 0 Å². The van der Waals surface area contributed by atoms with E-state index < -0.39 is 10.0 Å². The van der Waals surface area contributed by atoms with Gasteiger partial charge in [-0.1, -0.05) is 17.7 Å². The number of nitrogens with zero attached hydrogens (tertiary/aromatic N) is 2. The van der Waals surface area contributed by atoms with Crippen LogP contribution in [0, 0.1) is 12.8 Å². The first-order valence-corrected chi connectivity index (χ1v) is 10.6. The highest BCUT2D eigenvalue weighted by Crippen LogP contribution is 2.25. The minimum absolute atomic E-state index is 0.252. The monoisotopic (exact) mass is 385 g/mol. The molecule has 0 saturated carbocycles. The van der Waals surface area contributed by atoms with Crippen molar-refractivity contribution >= 4 is 38.1 Å². The highest BCUT2D eigenvalue weighted by Gasteiger charge is 2.24. The van der Waals surface area contributed by atoms with Gasteiger partial charge in [-0.25, -0.2) is 18.1 Å². The summed E-state index contributed by atoms with van der Waals surface area (Å²) in [6, 6.07) is 4.92. The maximum Gasteiger partial charge on any atom is 0.240 e. The molecule has 1 aromatic heterocycles. The van der Waals surface area contributed by atoms with Gasteiger partial charge in [0.1, 0.15) is 0 Å². The lowest BCUT2D eigenvalue weighted by atomic mass is 9.99. The molecule has 1 aliphatic rings. The number of aromatic nitrogens is 1. The molecule has 8 heteroatoms. The van der Waals surface area contributed by atoms with E-state index in [1.807, 2.05) is 5.38 Å². The van der Waals surface area contributed by atoms with Crippen molar-refractivity contribution in [3.63, 3.8) is 0 Å². The Morgan fingerprint density at radius 3 is 3.04 bits per heavy atom. The molecule has 0 spiro atoms. The second-order valence-corrected chi connectivity index (χ2v) is 9.08. The van der Waals surface area contributed by atoms with Crippen molar-refractivity contribution in [3.8, 4) is 0 Å². The molecule has 1 aromatic carbocycles. The van der Waals surface area contributed by atoms with Crippen LogP contribution >= 0.6 is 22.9 Å². The highest BCUT2D eigenvalue weighted by molar-refractivity contribution is 7.89. The first-order chi connectivity index (χ1) is 11.5. The lowest BCUT2D eigenvalue weighted by Crippen LogP contribution is -2.41. The molecule has 1 saturated heterocycles. The van der Waals surface area contributed by atoms with Crippen LogP contribution in [0.1, 0.15) is 18.4 Å². The number of benzene rings is 1. The number of thiazole rings is 1. The lowest BCUT2D eigenvalue weighted by molar-refractivity contribution is 0.410. The smallest absolute Gasteiger partial charge is 0.240 e. The highest BCUT2D eigenvalue weighted by atomic mass is 35.5. The second kappa shape index (κ2) is 7.39. The summed E-state index contributed by atoms with van der Waals surface area (Å²) in [7, 11) is -3.55. The largest absolute Gasteiger partial charge is 0.348 e. The van der Waals surface area contributed by atoms with Crippen LogP contribution in [0.5, 0.6) is 0 Å². The van der Waals surface area contributed by atoms with Gasteiger partial charge in [0.25, 0.3) is 0 Å². The summed E-state index contributed by atoms with van der Waals surface area (Å²) < 4.78 is 27.9. The minimum Gasteiger partial charge on any atom is -0.348 e. The molecule has 0 aliphatic carbocycles. The summed E-state index contributed by atoms with van der Waals surface area (Å²) in [5, 5.41) is 3.39.